The third-order valence-electron chi connectivity index (χ3n) is 5.77. The zero-order valence-electron chi connectivity index (χ0n) is 20.8. The normalized spacial score (nSPS) is 12.0. The Bertz CT molecular complexity index is 1350. The Balaban J connectivity index is 2.02. The lowest BCUT2D eigenvalue weighted by Crippen LogP contribution is -2.51. The molecule has 1 atom stereocenters. The van der Waals surface area contributed by atoms with Gasteiger partial charge in [-0.25, -0.2) is 8.42 Å². The minimum Gasteiger partial charge on any atom is -0.355 e. The summed E-state index contributed by atoms with van der Waals surface area (Å²) >= 11 is 9.40. The molecule has 0 aromatic heterocycles. The number of nitrogens with one attached hydrogen (secondary N) is 1. The molecular weight excluding hydrogens is 578 g/mol. The van der Waals surface area contributed by atoms with Gasteiger partial charge in [0.2, 0.25) is 11.8 Å². The van der Waals surface area contributed by atoms with E-state index in [1.165, 1.54) is 17.0 Å². The summed E-state index contributed by atoms with van der Waals surface area (Å²) in [7, 11) is -4.10. The number of carbonyl (C=O) groups is 2. The molecule has 0 saturated heterocycles. The maximum Gasteiger partial charge on any atom is 0.264 e. The van der Waals surface area contributed by atoms with Crippen molar-refractivity contribution in [2.24, 2.45) is 0 Å². The summed E-state index contributed by atoms with van der Waals surface area (Å²) in [6.45, 7) is 5.28. The molecule has 0 bridgehead atoms. The molecule has 0 unspecified atom stereocenters. The van der Waals surface area contributed by atoms with Gasteiger partial charge in [-0.2, -0.15) is 0 Å². The van der Waals surface area contributed by atoms with E-state index in [0.717, 1.165) is 15.4 Å². The van der Waals surface area contributed by atoms with Crippen molar-refractivity contribution in [2.75, 3.05) is 17.4 Å². The first-order valence-corrected chi connectivity index (χ1v) is 14.3. The highest BCUT2D eigenvalue weighted by molar-refractivity contribution is 9.10. The van der Waals surface area contributed by atoms with Crippen LogP contribution in [-0.2, 0) is 26.2 Å². The standard InChI is InChI=1S/C27H29BrClN3O4S/c1-4-30-27(34)20(3)31(17-21-10-12-23(29)13-11-21)26(33)18-32(24-7-5-6-22(28)16-24)37(35,36)25-14-8-19(2)9-15-25/h5-16,20H,4,17-18H2,1-3H3,(H,30,34)/t20-/m1/s1. The average Bonchev–Trinajstić information content (AvgIpc) is 2.86. The fourth-order valence-electron chi connectivity index (χ4n) is 3.69. The number of aryl methyl sites for hydroxylation is 1. The van der Waals surface area contributed by atoms with E-state index < -0.39 is 28.5 Å². The van der Waals surface area contributed by atoms with Crippen molar-refractivity contribution >= 4 is 55.1 Å². The van der Waals surface area contributed by atoms with Crippen LogP contribution in [0.1, 0.15) is 25.0 Å². The molecule has 10 heteroatoms. The average molecular weight is 607 g/mol. The van der Waals surface area contributed by atoms with E-state index in [1.54, 1.807) is 74.5 Å². The Morgan fingerprint density at radius 3 is 2.27 bits per heavy atom. The molecule has 0 aliphatic heterocycles. The van der Waals surface area contributed by atoms with Gasteiger partial charge < -0.3 is 10.2 Å². The third kappa shape index (κ3) is 7.34. The summed E-state index contributed by atoms with van der Waals surface area (Å²) in [6, 6.07) is 19.3. The number of rotatable bonds is 10. The number of amides is 2. The smallest absolute Gasteiger partial charge is 0.264 e. The molecule has 0 aliphatic rings. The Hall–Kier alpha value is -2.88. The number of likely N-dealkylation sites (N-methyl/N-ethyl adjacent to an activating group) is 1. The van der Waals surface area contributed by atoms with Gasteiger partial charge in [-0.05, 0) is 68.8 Å². The predicted molar refractivity (Wildman–Crippen MR) is 150 cm³/mol. The summed E-state index contributed by atoms with van der Waals surface area (Å²) in [6.07, 6.45) is 0. The zero-order chi connectivity index (χ0) is 27.2. The van der Waals surface area contributed by atoms with Crippen molar-refractivity contribution in [3.05, 3.63) is 93.4 Å². The molecule has 7 nitrogen and oxygen atoms in total. The Morgan fingerprint density at radius 1 is 1.03 bits per heavy atom. The molecule has 0 heterocycles. The summed E-state index contributed by atoms with van der Waals surface area (Å²) in [5.74, 6) is -0.857. The number of halogens is 2. The SMILES string of the molecule is CCNC(=O)[C@@H](C)N(Cc1ccc(Cl)cc1)C(=O)CN(c1cccc(Br)c1)S(=O)(=O)c1ccc(C)cc1. The molecule has 3 aromatic carbocycles. The minimum absolute atomic E-state index is 0.0619. The molecule has 1 N–H and O–H groups in total. The molecule has 3 rings (SSSR count). The van der Waals surface area contributed by atoms with Crippen molar-refractivity contribution in [3.8, 4) is 0 Å². The summed E-state index contributed by atoms with van der Waals surface area (Å²) < 4.78 is 29.3. The first-order chi connectivity index (χ1) is 17.5. The largest absolute Gasteiger partial charge is 0.355 e. The second-order valence-electron chi connectivity index (χ2n) is 8.52. The minimum atomic E-state index is -4.10. The summed E-state index contributed by atoms with van der Waals surface area (Å²) in [5.41, 5.74) is 1.98. The van der Waals surface area contributed by atoms with Crippen LogP contribution in [-0.4, -0.2) is 44.3 Å². The second-order valence-corrected chi connectivity index (χ2v) is 11.7. The van der Waals surface area contributed by atoms with Crippen LogP contribution in [0.5, 0.6) is 0 Å². The van der Waals surface area contributed by atoms with Gasteiger partial charge in [0.05, 0.1) is 10.6 Å². The number of nitrogens with zero attached hydrogens (tertiary/aromatic N) is 2. The van der Waals surface area contributed by atoms with Crippen LogP contribution in [0, 0.1) is 6.92 Å². The van der Waals surface area contributed by atoms with Crippen molar-refractivity contribution < 1.29 is 18.0 Å². The molecule has 0 radical (unpaired) electrons. The van der Waals surface area contributed by atoms with E-state index in [2.05, 4.69) is 21.2 Å². The van der Waals surface area contributed by atoms with Gasteiger partial charge in [0.15, 0.2) is 0 Å². The lowest BCUT2D eigenvalue weighted by atomic mass is 10.1. The van der Waals surface area contributed by atoms with Crippen LogP contribution >= 0.6 is 27.5 Å². The van der Waals surface area contributed by atoms with Crippen LogP contribution in [0.2, 0.25) is 5.02 Å². The van der Waals surface area contributed by atoms with Gasteiger partial charge in [-0.3, -0.25) is 13.9 Å². The number of carbonyl (C=O) groups excluding carboxylic acids is 2. The highest BCUT2D eigenvalue weighted by Crippen LogP contribution is 2.27. The zero-order valence-corrected chi connectivity index (χ0v) is 24.0. The number of hydrogen-bond acceptors (Lipinski definition) is 4. The molecule has 196 valence electrons. The molecule has 0 fully saturated rings. The highest BCUT2D eigenvalue weighted by Gasteiger charge is 2.32. The monoisotopic (exact) mass is 605 g/mol. The topological polar surface area (TPSA) is 86.8 Å². The molecule has 37 heavy (non-hydrogen) atoms. The predicted octanol–water partition coefficient (Wildman–Crippen LogP) is 5.16. The Morgan fingerprint density at radius 2 is 1.68 bits per heavy atom. The highest BCUT2D eigenvalue weighted by atomic mass is 79.9. The van der Waals surface area contributed by atoms with Crippen molar-refractivity contribution in [1.29, 1.82) is 0 Å². The first-order valence-electron chi connectivity index (χ1n) is 11.7. The molecular formula is C27H29BrClN3O4S. The fraction of sp³-hybridized carbons (Fsp3) is 0.259. The van der Waals surface area contributed by atoms with Gasteiger partial charge >= 0.3 is 0 Å². The number of anilines is 1. The molecule has 3 aromatic rings. The van der Waals surface area contributed by atoms with Crippen LogP contribution in [0.3, 0.4) is 0 Å². The maximum atomic E-state index is 13.8. The lowest BCUT2D eigenvalue weighted by Gasteiger charge is -2.32. The van der Waals surface area contributed by atoms with Gasteiger partial charge in [-0.1, -0.05) is 63.4 Å². The number of sulfonamides is 1. The second kappa shape index (κ2) is 12.6. The van der Waals surface area contributed by atoms with Crippen LogP contribution < -0.4 is 9.62 Å². The van der Waals surface area contributed by atoms with E-state index in [4.69, 9.17) is 11.6 Å². The van der Waals surface area contributed by atoms with E-state index in [0.29, 0.717) is 21.7 Å². The summed E-state index contributed by atoms with van der Waals surface area (Å²) in [4.78, 5) is 27.9. The molecule has 0 spiro atoms. The van der Waals surface area contributed by atoms with E-state index in [-0.39, 0.29) is 17.3 Å². The Kier molecular flexibility index (Phi) is 9.75. The van der Waals surface area contributed by atoms with Crippen LogP contribution in [0.4, 0.5) is 5.69 Å². The number of hydrogen-bond donors (Lipinski definition) is 1. The van der Waals surface area contributed by atoms with Crippen LogP contribution in [0.15, 0.2) is 82.2 Å². The number of benzene rings is 3. The lowest BCUT2D eigenvalue weighted by molar-refractivity contribution is -0.139. The quantitative estimate of drug-likeness (QED) is 0.346. The van der Waals surface area contributed by atoms with Gasteiger partial charge in [0.1, 0.15) is 12.6 Å². The van der Waals surface area contributed by atoms with Gasteiger partial charge in [0, 0.05) is 22.6 Å². The van der Waals surface area contributed by atoms with E-state index in [1.807, 2.05) is 6.92 Å². The molecule has 0 aliphatic carbocycles. The van der Waals surface area contributed by atoms with E-state index in [9.17, 15) is 18.0 Å². The Labute approximate surface area is 231 Å². The first kappa shape index (κ1) is 28.7. The van der Waals surface area contributed by atoms with Gasteiger partial charge in [-0.15, -0.1) is 0 Å². The molecule has 2 amide bonds. The van der Waals surface area contributed by atoms with Crippen molar-refractivity contribution in [1.82, 2.24) is 10.2 Å². The van der Waals surface area contributed by atoms with Crippen LogP contribution in [0.25, 0.3) is 0 Å². The summed E-state index contributed by atoms with van der Waals surface area (Å²) in [5, 5.41) is 3.28. The van der Waals surface area contributed by atoms with E-state index >= 15 is 0 Å². The fourth-order valence-corrected chi connectivity index (χ4v) is 5.61. The van der Waals surface area contributed by atoms with Gasteiger partial charge in [0.25, 0.3) is 10.0 Å². The maximum absolute atomic E-state index is 13.8. The third-order valence-corrected chi connectivity index (χ3v) is 8.30. The van der Waals surface area contributed by atoms with Crippen molar-refractivity contribution in [3.63, 3.8) is 0 Å². The van der Waals surface area contributed by atoms with Crippen molar-refractivity contribution in [2.45, 2.75) is 38.3 Å². The molecule has 0 saturated carbocycles.